The SMILES string of the molecule is CCCCOc1ccc(C(=O)Oc2ccc(C=NNC(=O)c3ccc(OC)c(OC)c3)cc2)cc1. The van der Waals surface area contributed by atoms with Gasteiger partial charge in [-0.25, -0.2) is 10.2 Å². The average molecular weight is 477 g/mol. The van der Waals surface area contributed by atoms with Gasteiger partial charge in [-0.05, 0) is 78.7 Å². The Kier molecular flexibility index (Phi) is 9.24. The van der Waals surface area contributed by atoms with Crippen molar-refractivity contribution in [3.8, 4) is 23.0 Å². The molecule has 0 radical (unpaired) electrons. The predicted octanol–water partition coefficient (Wildman–Crippen LogP) is 4.87. The van der Waals surface area contributed by atoms with Crippen molar-refractivity contribution in [3.05, 3.63) is 83.4 Å². The van der Waals surface area contributed by atoms with Crippen LogP contribution in [-0.2, 0) is 0 Å². The lowest BCUT2D eigenvalue weighted by Gasteiger charge is -2.08. The van der Waals surface area contributed by atoms with Crippen molar-refractivity contribution in [2.24, 2.45) is 5.10 Å². The minimum Gasteiger partial charge on any atom is -0.494 e. The second-order valence-electron chi connectivity index (χ2n) is 7.45. The van der Waals surface area contributed by atoms with Crippen molar-refractivity contribution in [2.45, 2.75) is 19.8 Å². The molecule has 0 bridgehead atoms. The van der Waals surface area contributed by atoms with Crippen LogP contribution in [0, 0.1) is 0 Å². The van der Waals surface area contributed by atoms with Gasteiger partial charge in [0.1, 0.15) is 11.5 Å². The topological polar surface area (TPSA) is 95.5 Å². The molecule has 0 heterocycles. The summed E-state index contributed by atoms with van der Waals surface area (Å²) in [5.41, 5.74) is 3.98. The molecule has 0 aromatic heterocycles. The fourth-order valence-electron chi connectivity index (χ4n) is 3.02. The number of rotatable bonds is 11. The molecule has 0 saturated carbocycles. The minimum absolute atomic E-state index is 0.377. The van der Waals surface area contributed by atoms with Gasteiger partial charge >= 0.3 is 5.97 Å². The fourth-order valence-corrected chi connectivity index (χ4v) is 3.02. The average Bonchev–Trinajstić information content (AvgIpc) is 2.89. The van der Waals surface area contributed by atoms with Crippen molar-refractivity contribution >= 4 is 18.1 Å². The van der Waals surface area contributed by atoms with E-state index in [4.69, 9.17) is 18.9 Å². The van der Waals surface area contributed by atoms with Crippen LogP contribution in [0.2, 0.25) is 0 Å². The molecule has 0 fully saturated rings. The third kappa shape index (κ3) is 7.33. The number of hydrazone groups is 1. The quantitative estimate of drug-likeness (QED) is 0.140. The first kappa shape index (κ1) is 25.3. The molecule has 0 saturated heterocycles. The van der Waals surface area contributed by atoms with Gasteiger partial charge in [0, 0.05) is 5.56 Å². The second-order valence-corrected chi connectivity index (χ2v) is 7.45. The zero-order chi connectivity index (χ0) is 25.0. The Morgan fingerprint density at radius 3 is 2.17 bits per heavy atom. The van der Waals surface area contributed by atoms with Crippen LogP contribution in [0.3, 0.4) is 0 Å². The largest absolute Gasteiger partial charge is 0.494 e. The molecule has 0 aliphatic rings. The lowest BCUT2D eigenvalue weighted by Crippen LogP contribution is -2.17. The van der Waals surface area contributed by atoms with Crippen molar-refractivity contribution in [1.29, 1.82) is 0 Å². The van der Waals surface area contributed by atoms with Crippen molar-refractivity contribution in [2.75, 3.05) is 20.8 Å². The summed E-state index contributed by atoms with van der Waals surface area (Å²) in [7, 11) is 3.02. The van der Waals surface area contributed by atoms with Gasteiger partial charge in [0.2, 0.25) is 0 Å². The first-order valence-electron chi connectivity index (χ1n) is 11.1. The molecule has 0 atom stereocenters. The molecule has 8 heteroatoms. The molecule has 1 amide bonds. The monoisotopic (exact) mass is 476 g/mol. The molecule has 1 N–H and O–H groups in total. The number of carbonyl (C=O) groups is 2. The van der Waals surface area contributed by atoms with Crippen LogP contribution < -0.4 is 24.4 Å². The highest BCUT2D eigenvalue weighted by molar-refractivity contribution is 5.95. The molecule has 0 aliphatic heterocycles. The Balaban J connectivity index is 1.52. The smallest absolute Gasteiger partial charge is 0.343 e. The molecule has 3 aromatic rings. The number of methoxy groups -OCH3 is 2. The second kappa shape index (κ2) is 12.8. The predicted molar refractivity (Wildman–Crippen MR) is 133 cm³/mol. The van der Waals surface area contributed by atoms with Crippen LogP contribution in [0.1, 0.15) is 46.0 Å². The minimum atomic E-state index is -0.464. The first-order chi connectivity index (χ1) is 17.0. The highest BCUT2D eigenvalue weighted by Crippen LogP contribution is 2.27. The number of hydrogen-bond donors (Lipinski definition) is 1. The third-order valence-electron chi connectivity index (χ3n) is 4.97. The van der Waals surface area contributed by atoms with E-state index in [9.17, 15) is 9.59 Å². The van der Waals surface area contributed by atoms with Crippen molar-refractivity contribution in [3.63, 3.8) is 0 Å². The van der Waals surface area contributed by atoms with Crippen molar-refractivity contribution in [1.82, 2.24) is 5.43 Å². The van der Waals surface area contributed by atoms with E-state index in [-0.39, 0.29) is 0 Å². The molecule has 3 aromatic carbocycles. The number of nitrogens with zero attached hydrogens (tertiary/aromatic N) is 1. The zero-order valence-electron chi connectivity index (χ0n) is 19.9. The summed E-state index contributed by atoms with van der Waals surface area (Å²) < 4.78 is 21.4. The van der Waals surface area contributed by atoms with E-state index in [2.05, 4.69) is 17.5 Å². The number of esters is 1. The van der Waals surface area contributed by atoms with Gasteiger partial charge in [0.15, 0.2) is 11.5 Å². The van der Waals surface area contributed by atoms with Crippen LogP contribution in [0.4, 0.5) is 0 Å². The lowest BCUT2D eigenvalue weighted by molar-refractivity contribution is 0.0734. The Labute approximate surface area is 204 Å². The van der Waals surface area contributed by atoms with Gasteiger partial charge in [0.05, 0.1) is 32.6 Å². The molecule has 0 aliphatic carbocycles. The van der Waals surface area contributed by atoms with Crippen LogP contribution in [-0.4, -0.2) is 38.9 Å². The summed E-state index contributed by atoms with van der Waals surface area (Å²) in [6.45, 7) is 2.75. The molecule has 0 spiro atoms. The van der Waals surface area contributed by atoms with E-state index in [0.717, 1.165) is 18.6 Å². The van der Waals surface area contributed by atoms with E-state index in [1.165, 1.54) is 20.4 Å². The van der Waals surface area contributed by atoms with Crippen LogP contribution in [0.25, 0.3) is 0 Å². The van der Waals surface area contributed by atoms with Crippen LogP contribution in [0.5, 0.6) is 23.0 Å². The highest BCUT2D eigenvalue weighted by Gasteiger charge is 2.11. The molecule has 35 heavy (non-hydrogen) atoms. The van der Waals surface area contributed by atoms with Crippen molar-refractivity contribution < 1.29 is 28.5 Å². The summed E-state index contributed by atoms with van der Waals surface area (Å²) in [6.07, 6.45) is 3.53. The molecular weight excluding hydrogens is 448 g/mol. The van der Waals surface area contributed by atoms with E-state index in [1.54, 1.807) is 66.7 Å². The first-order valence-corrected chi connectivity index (χ1v) is 11.1. The summed E-state index contributed by atoms with van der Waals surface area (Å²) >= 11 is 0. The summed E-state index contributed by atoms with van der Waals surface area (Å²) in [5.74, 6) is 1.23. The maximum absolute atomic E-state index is 12.4. The molecule has 3 rings (SSSR count). The number of carbonyl (C=O) groups excluding carboxylic acids is 2. The number of benzene rings is 3. The van der Waals surface area contributed by atoms with E-state index in [1.807, 2.05) is 0 Å². The van der Waals surface area contributed by atoms with E-state index >= 15 is 0 Å². The highest BCUT2D eigenvalue weighted by atomic mass is 16.5. The summed E-state index contributed by atoms with van der Waals surface area (Å²) in [6, 6.07) is 18.4. The molecule has 8 nitrogen and oxygen atoms in total. The number of nitrogens with one attached hydrogen (secondary N) is 1. The Morgan fingerprint density at radius 1 is 0.857 bits per heavy atom. The number of unbranched alkanes of at least 4 members (excludes halogenated alkanes) is 1. The number of hydrogen-bond acceptors (Lipinski definition) is 7. The summed E-state index contributed by atoms with van der Waals surface area (Å²) in [4.78, 5) is 24.7. The molecular formula is C27H28N2O6. The lowest BCUT2D eigenvalue weighted by atomic mass is 10.2. The Bertz CT molecular complexity index is 1160. The number of ether oxygens (including phenoxy) is 4. The fraction of sp³-hybridized carbons (Fsp3) is 0.222. The van der Waals surface area contributed by atoms with Gasteiger partial charge in [-0.2, -0.15) is 5.10 Å². The molecule has 0 unspecified atom stereocenters. The maximum Gasteiger partial charge on any atom is 0.343 e. The standard InChI is InChI=1S/C27H28N2O6/c1-4-5-16-34-22-13-8-20(9-14-22)27(31)35-23-11-6-19(7-12-23)18-28-29-26(30)21-10-15-24(32-2)25(17-21)33-3/h6-15,17-18H,4-5,16H2,1-3H3,(H,29,30). The Hall–Kier alpha value is -4.33. The van der Waals surface area contributed by atoms with Gasteiger partial charge in [-0.1, -0.05) is 13.3 Å². The van der Waals surface area contributed by atoms with Gasteiger partial charge in [0.25, 0.3) is 5.91 Å². The molecule has 182 valence electrons. The normalized spacial score (nSPS) is 10.6. The maximum atomic E-state index is 12.4. The van der Waals surface area contributed by atoms with Crippen LogP contribution in [0.15, 0.2) is 71.8 Å². The summed E-state index contributed by atoms with van der Waals surface area (Å²) in [5, 5.41) is 3.97. The third-order valence-corrected chi connectivity index (χ3v) is 4.97. The van der Waals surface area contributed by atoms with Gasteiger partial charge in [-0.15, -0.1) is 0 Å². The zero-order valence-corrected chi connectivity index (χ0v) is 19.9. The van der Waals surface area contributed by atoms with Gasteiger partial charge in [-0.3, -0.25) is 4.79 Å². The van der Waals surface area contributed by atoms with Gasteiger partial charge < -0.3 is 18.9 Å². The van der Waals surface area contributed by atoms with Crippen LogP contribution >= 0.6 is 0 Å². The Morgan fingerprint density at radius 2 is 1.51 bits per heavy atom. The van der Waals surface area contributed by atoms with E-state index < -0.39 is 11.9 Å². The van der Waals surface area contributed by atoms with E-state index in [0.29, 0.717) is 40.5 Å². The number of amides is 1.